The number of benzene rings is 2. The molecule has 0 aliphatic rings. The molecule has 2 aromatic carbocycles. The number of aromatic nitrogens is 2. The van der Waals surface area contributed by atoms with E-state index in [9.17, 15) is 0 Å². The van der Waals surface area contributed by atoms with E-state index < -0.39 is 0 Å². The van der Waals surface area contributed by atoms with Gasteiger partial charge in [0.15, 0.2) is 0 Å². The normalized spacial score (nSPS) is 10.2. The summed E-state index contributed by atoms with van der Waals surface area (Å²) in [5, 5.41) is 6.59. The first-order valence-electron chi connectivity index (χ1n) is 7.32. The molecule has 0 aliphatic carbocycles. The first-order chi connectivity index (χ1) is 10.9. The molecular formula is C18H18N4. The molecule has 0 amide bonds. The quantitative estimate of drug-likeness (QED) is 0.723. The molecule has 110 valence electrons. The highest BCUT2D eigenvalue weighted by molar-refractivity contribution is 5.58. The molecule has 4 nitrogen and oxygen atoms in total. The van der Waals surface area contributed by atoms with E-state index in [1.807, 2.05) is 42.5 Å². The van der Waals surface area contributed by atoms with Gasteiger partial charge in [0.1, 0.15) is 18.0 Å². The molecule has 1 aromatic heterocycles. The number of rotatable bonds is 6. The lowest BCUT2D eigenvalue weighted by Gasteiger charge is -2.08. The molecule has 2 N–H and O–H groups in total. The van der Waals surface area contributed by atoms with Gasteiger partial charge in [0.2, 0.25) is 0 Å². The fourth-order valence-corrected chi connectivity index (χ4v) is 2.17. The Morgan fingerprint density at radius 3 is 2.23 bits per heavy atom. The number of nitrogens with one attached hydrogen (secondary N) is 2. The monoisotopic (exact) mass is 290 g/mol. The van der Waals surface area contributed by atoms with E-state index in [0.717, 1.165) is 30.3 Å². The molecular weight excluding hydrogens is 272 g/mol. The first-order valence-corrected chi connectivity index (χ1v) is 7.32. The highest BCUT2D eigenvalue weighted by Gasteiger charge is 1.99. The molecule has 0 radical (unpaired) electrons. The lowest BCUT2D eigenvalue weighted by atomic mass is 10.1. The van der Waals surface area contributed by atoms with E-state index >= 15 is 0 Å². The number of hydrogen-bond acceptors (Lipinski definition) is 4. The van der Waals surface area contributed by atoms with Crippen molar-refractivity contribution in [2.45, 2.75) is 6.42 Å². The van der Waals surface area contributed by atoms with E-state index in [-0.39, 0.29) is 0 Å². The van der Waals surface area contributed by atoms with Crippen LogP contribution in [0.25, 0.3) is 0 Å². The Morgan fingerprint density at radius 1 is 0.773 bits per heavy atom. The third kappa shape index (κ3) is 4.06. The van der Waals surface area contributed by atoms with Crippen molar-refractivity contribution in [1.29, 1.82) is 0 Å². The molecule has 0 aliphatic heterocycles. The Hall–Kier alpha value is -2.88. The number of nitrogens with zero attached hydrogens (tertiary/aromatic N) is 2. The fourth-order valence-electron chi connectivity index (χ4n) is 2.17. The van der Waals surface area contributed by atoms with E-state index in [1.54, 1.807) is 6.33 Å². The molecule has 0 spiro atoms. The van der Waals surface area contributed by atoms with Crippen molar-refractivity contribution >= 4 is 17.3 Å². The number of hydrogen-bond donors (Lipinski definition) is 2. The van der Waals surface area contributed by atoms with Crippen LogP contribution >= 0.6 is 0 Å². The maximum Gasteiger partial charge on any atom is 0.135 e. The molecule has 1 heterocycles. The Labute approximate surface area is 130 Å². The van der Waals surface area contributed by atoms with Crippen LogP contribution in [-0.4, -0.2) is 16.5 Å². The maximum absolute atomic E-state index is 4.25. The van der Waals surface area contributed by atoms with Crippen molar-refractivity contribution in [3.05, 3.63) is 78.6 Å². The van der Waals surface area contributed by atoms with Gasteiger partial charge in [0.05, 0.1) is 0 Å². The molecule has 3 rings (SSSR count). The second-order valence-electron chi connectivity index (χ2n) is 4.94. The second-order valence-corrected chi connectivity index (χ2v) is 4.94. The van der Waals surface area contributed by atoms with Gasteiger partial charge in [-0.3, -0.25) is 0 Å². The zero-order valence-electron chi connectivity index (χ0n) is 12.2. The van der Waals surface area contributed by atoms with Gasteiger partial charge >= 0.3 is 0 Å². The van der Waals surface area contributed by atoms with Crippen LogP contribution in [0.3, 0.4) is 0 Å². The Morgan fingerprint density at radius 2 is 1.45 bits per heavy atom. The zero-order chi connectivity index (χ0) is 15.0. The molecule has 0 atom stereocenters. The molecule has 0 fully saturated rings. The van der Waals surface area contributed by atoms with E-state index in [0.29, 0.717) is 0 Å². The van der Waals surface area contributed by atoms with Crippen LogP contribution in [0.5, 0.6) is 0 Å². The van der Waals surface area contributed by atoms with Crippen molar-refractivity contribution in [2.24, 2.45) is 0 Å². The summed E-state index contributed by atoms with van der Waals surface area (Å²) in [6, 6.07) is 22.3. The predicted molar refractivity (Wildman–Crippen MR) is 90.4 cm³/mol. The molecule has 0 saturated heterocycles. The summed E-state index contributed by atoms with van der Waals surface area (Å²) < 4.78 is 0. The summed E-state index contributed by atoms with van der Waals surface area (Å²) >= 11 is 0. The molecule has 0 saturated carbocycles. The summed E-state index contributed by atoms with van der Waals surface area (Å²) in [7, 11) is 0. The highest BCUT2D eigenvalue weighted by Crippen LogP contribution is 2.15. The van der Waals surface area contributed by atoms with Crippen LogP contribution in [0.15, 0.2) is 73.1 Å². The van der Waals surface area contributed by atoms with Gasteiger partial charge in [0, 0.05) is 18.3 Å². The molecule has 4 heteroatoms. The van der Waals surface area contributed by atoms with Gasteiger partial charge in [-0.15, -0.1) is 0 Å². The average molecular weight is 290 g/mol. The van der Waals surface area contributed by atoms with Crippen LogP contribution in [0, 0.1) is 0 Å². The zero-order valence-corrected chi connectivity index (χ0v) is 12.2. The van der Waals surface area contributed by atoms with E-state index in [4.69, 9.17) is 0 Å². The lowest BCUT2D eigenvalue weighted by molar-refractivity contribution is 1.000. The van der Waals surface area contributed by atoms with Crippen LogP contribution in [0.4, 0.5) is 17.3 Å². The minimum absolute atomic E-state index is 0.781. The van der Waals surface area contributed by atoms with Gasteiger partial charge in [-0.2, -0.15) is 0 Å². The summed E-state index contributed by atoms with van der Waals surface area (Å²) in [6.45, 7) is 0.839. The first kappa shape index (κ1) is 14.1. The maximum atomic E-state index is 4.25. The van der Waals surface area contributed by atoms with Crippen molar-refractivity contribution < 1.29 is 0 Å². The summed E-state index contributed by atoms with van der Waals surface area (Å²) in [5.74, 6) is 1.60. The third-order valence-corrected chi connectivity index (χ3v) is 3.28. The predicted octanol–water partition coefficient (Wildman–Crippen LogP) is 3.87. The van der Waals surface area contributed by atoms with Crippen molar-refractivity contribution in [3.63, 3.8) is 0 Å². The van der Waals surface area contributed by atoms with Gasteiger partial charge < -0.3 is 10.6 Å². The SMILES string of the molecule is c1ccc(CCNc2cc(Nc3ccccc3)ncn2)cc1. The largest absolute Gasteiger partial charge is 0.370 e. The lowest BCUT2D eigenvalue weighted by Crippen LogP contribution is -2.07. The van der Waals surface area contributed by atoms with Crippen molar-refractivity contribution in [2.75, 3.05) is 17.2 Å². The van der Waals surface area contributed by atoms with Crippen molar-refractivity contribution in [3.8, 4) is 0 Å². The Kier molecular flexibility index (Phi) is 4.62. The summed E-state index contributed by atoms with van der Waals surface area (Å²) in [6.07, 6.45) is 2.53. The highest BCUT2D eigenvalue weighted by atomic mass is 15.1. The number of para-hydroxylation sites is 1. The smallest absolute Gasteiger partial charge is 0.135 e. The number of anilines is 3. The molecule has 0 unspecified atom stereocenters. The summed E-state index contributed by atoms with van der Waals surface area (Å²) in [5.41, 5.74) is 2.32. The van der Waals surface area contributed by atoms with Crippen molar-refractivity contribution in [1.82, 2.24) is 9.97 Å². The Balaban J connectivity index is 1.57. The standard InChI is InChI=1S/C18H18N4/c1-3-7-15(8-4-1)11-12-19-17-13-18(21-14-20-17)22-16-9-5-2-6-10-16/h1-10,13-14H,11-12H2,(H2,19,20,21,22). The topological polar surface area (TPSA) is 49.8 Å². The molecule has 22 heavy (non-hydrogen) atoms. The fraction of sp³-hybridized carbons (Fsp3) is 0.111. The Bertz CT molecular complexity index is 699. The minimum atomic E-state index is 0.781. The van der Waals surface area contributed by atoms with Crippen LogP contribution in [-0.2, 0) is 6.42 Å². The van der Waals surface area contributed by atoms with Crippen LogP contribution in [0.2, 0.25) is 0 Å². The van der Waals surface area contributed by atoms with Gasteiger partial charge in [0.25, 0.3) is 0 Å². The van der Waals surface area contributed by atoms with Gasteiger partial charge in [-0.1, -0.05) is 48.5 Å². The van der Waals surface area contributed by atoms with E-state index in [2.05, 4.69) is 44.9 Å². The molecule has 0 bridgehead atoms. The van der Waals surface area contributed by atoms with E-state index in [1.165, 1.54) is 5.56 Å². The molecule has 3 aromatic rings. The van der Waals surface area contributed by atoms with Crippen LogP contribution in [0.1, 0.15) is 5.56 Å². The van der Waals surface area contributed by atoms with Crippen LogP contribution < -0.4 is 10.6 Å². The average Bonchev–Trinajstić information content (AvgIpc) is 2.57. The van der Waals surface area contributed by atoms with Gasteiger partial charge in [-0.25, -0.2) is 9.97 Å². The van der Waals surface area contributed by atoms with Gasteiger partial charge in [-0.05, 0) is 24.1 Å². The summed E-state index contributed by atoms with van der Waals surface area (Å²) in [4.78, 5) is 8.49. The second kappa shape index (κ2) is 7.22. The third-order valence-electron chi connectivity index (χ3n) is 3.28. The minimum Gasteiger partial charge on any atom is -0.370 e.